The molecule has 3 aliphatic rings. The normalized spacial score (nSPS) is 21.3. The summed E-state index contributed by atoms with van der Waals surface area (Å²) in [7, 11) is -7.76. The van der Waals surface area contributed by atoms with Gasteiger partial charge in [-0.2, -0.15) is 0 Å². The molecule has 1 aliphatic carbocycles. The Morgan fingerprint density at radius 3 is 2.20 bits per heavy atom. The van der Waals surface area contributed by atoms with Gasteiger partial charge in [-0.3, -0.25) is 9.10 Å². The van der Waals surface area contributed by atoms with Gasteiger partial charge in [0, 0.05) is 11.0 Å². The molecule has 0 aromatic heterocycles. The number of nitrogens with zero attached hydrogens (tertiary/aromatic N) is 1. The van der Waals surface area contributed by atoms with Crippen LogP contribution in [-0.4, -0.2) is 40.3 Å². The van der Waals surface area contributed by atoms with Crippen molar-refractivity contribution >= 4 is 37.1 Å². The Balaban J connectivity index is 1.53. The van der Waals surface area contributed by atoms with Crippen LogP contribution >= 0.6 is 0 Å². The Kier molecular flexibility index (Phi) is 6.26. The number of para-hydroxylation sites is 1. The van der Waals surface area contributed by atoms with Crippen molar-refractivity contribution in [3.05, 3.63) is 89.2 Å². The summed E-state index contributed by atoms with van der Waals surface area (Å²) in [4.78, 5) is 13.0. The molecular formula is C28H25F3N2O5S2. The molecule has 2 aliphatic heterocycles. The van der Waals surface area contributed by atoms with Crippen LogP contribution in [0.3, 0.4) is 0 Å². The lowest BCUT2D eigenvalue weighted by Crippen LogP contribution is -2.52. The van der Waals surface area contributed by atoms with E-state index >= 15 is 4.39 Å². The smallest absolute Gasteiger partial charge is 0.264 e. The molecule has 0 radical (unpaired) electrons. The fraction of sp³-hybridized carbons (Fsp3) is 0.321. The first kappa shape index (κ1) is 26.8. The zero-order chi connectivity index (χ0) is 28.4. The van der Waals surface area contributed by atoms with E-state index in [0.717, 1.165) is 40.7 Å². The molecule has 210 valence electrons. The summed E-state index contributed by atoms with van der Waals surface area (Å²) in [5.74, 6) is -3.89. The molecule has 0 bridgehead atoms. The molecule has 6 rings (SSSR count). The molecule has 1 saturated heterocycles. The highest BCUT2D eigenvalue weighted by Crippen LogP contribution is 2.60. The van der Waals surface area contributed by atoms with E-state index in [1.165, 1.54) is 24.3 Å². The van der Waals surface area contributed by atoms with Gasteiger partial charge in [0.15, 0.2) is 0 Å². The first-order valence-electron chi connectivity index (χ1n) is 12.8. The van der Waals surface area contributed by atoms with Crippen molar-refractivity contribution in [2.75, 3.05) is 21.1 Å². The fourth-order valence-corrected chi connectivity index (χ4v) is 9.52. The Hall–Kier alpha value is -3.38. The van der Waals surface area contributed by atoms with Crippen molar-refractivity contribution < 1.29 is 34.8 Å². The van der Waals surface area contributed by atoms with E-state index in [0.29, 0.717) is 12.8 Å². The van der Waals surface area contributed by atoms with E-state index in [9.17, 15) is 30.4 Å². The number of amides is 1. The predicted molar refractivity (Wildman–Crippen MR) is 143 cm³/mol. The van der Waals surface area contributed by atoms with Gasteiger partial charge < -0.3 is 5.32 Å². The van der Waals surface area contributed by atoms with Crippen LogP contribution < -0.4 is 9.62 Å². The van der Waals surface area contributed by atoms with Crippen molar-refractivity contribution in [1.29, 1.82) is 0 Å². The monoisotopic (exact) mass is 590 g/mol. The minimum absolute atomic E-state index is 0.0196. The van der Waals surface area contributed by atoms with Gasteiger partial charge in [-0.25, -0.2) is 30.0 Å². The Morgan fingerprint density at radius 1 is 0.925 bits per heavy atom. The first-order valence-corrected chi connectivity index (χ1v) is 16.1. The number of halogens is 3. The zero-order valence-electron chi connectivity index (χ0n) is 21.1. The lowest BCUT2D eigenvalue weighted by atomic mass is 9.70. The number of carbonyl (C=O) groups excluding carboxylic acids is 1. The van der Waals surface area contributed by atoms with Gasteiger partial charge in [0.2, 0.25) is 0 Å². The number of carbonyl (C=O) groups is 1. The zero-order valence-corrected chi connectivity index (χ0v) is 22.7. The van der Waals surface area contributed by atoms with E-state index in [1.54, 1.807) is 0 Å². The molecule has 1 atom stereocenters. The third kappa shape index (κ3) is 4.28. The molecule has 1 amide bonds. The average Bonchev–Trinajstić information content (AvgIpc) is 3.70. The number of benzene rings is 3. The topological polar surface area (TPSA) is 101 Å². The predicted octanol–water partition coefficient (Wildman–Crippen LogP) is 4.79. The number of fused-ring (bicyclic) bond motifs is 2. The summed E-state index contributed by atoms with van der Waals surface area (Å²) in [5.41, 5.74) is -1.76. The minimum Gasteiger partial charge on any atom is -0.319 e. The van der Waals surface area contributed by atoms with Crippen LogP contribution in [0.25, 0.3) is 0 Å². The van der Waals surface area contributed by atoms with Gasteiger partial charge in [-0.15, -0.1) is 0 Å². The number of hydrogen-bond donors (Lipinski definition) is 1. The number of sulfonamides is 1. The maximum atomic E-state index is 16.5. The summed E-state index contributed by atoms with van der Waals surface area (Å²) >= 11 is 0. The second-order valence-corrected chi connectivity index (χ2v) is 14.7. The standard InChI is InChI=1S/C28H25F3N2O5S2/c29-18-7-9-19(10-8-18)40(37,38)33-23-12-11-20(27(34)32-22-4-2-1-3-21(22)30)25(31)24(23)28(26(33)17-5-6-17)13-15-39(35,36)16-14-28/h1-4,7-12,17,26H,5-6,13-16H2,(H,32,34). The highest BCUT2D eigenvalue weighted by Gasteiger charge is 2.62. The molecule has 3 aromatic rings. The van der Waals surface area contributed by atoms with Crippen LogP contribution in [0.5, 0.6) is 0 Å². The first-order chi connectivity index (χ1) is 18.9. The van der Waals surface area contributed by atoms with Crippen molar-refractivity contribution in [3.63, 3.8) is 0 Å². The second-order valence-electron chi connectivity index (χ2n) is 10.6. The largest absolute Gasteiger partial charge is 0.319 e. The van der Waals surface area contributed by atoms with Crippen molar-refractivity contribution in [3.8, 4) is 0 Å². The number of sulfone groups is 1. The third-order valence-corrected chi connectivity index (χ3v) is 11.7. The Bertz CT molecular complexity index is 1730. The van der Waals surface area contributed by atoms with Gasteiger partial charge in [-0.1, -0.05) is 12.1 Å². The van der Waals surface area contributed by atoms with Gasteiger partial charge in [0.25, 0.3) is 15.9 Å². The Labute approximate surface area is 230 Å². The second kappa shape index (κ2) is 9.34. The van der Waals surface area contributed by atoms with Crippen LogP contribution in [0, 0.1) is 23.4 Å². The van der Waals surface area contributed by atoms with Crippen molar-refractivity contribution in [2.45, 2.75) is 42.0 Å². The summed E-state index contributed by atoms with van der Waals surface area (Å²) in [5, 5.41) is 2.36. The lowest BCUT2D eigenvalue weighted by Gasteiger charge is -2.41. The van der Waals surface area contributed by atoms with E-state index in [1.807, 2.05) is 0 Å². The van der Waals surface area contributed by atoms with E-state index in [4.69, 9.17) is 0 Å². The summed E-state index contributed by atoms with van der Waals surface area (Å²) in [6, 6.07) is 11.5. The minimum atomic E-state index is -4.33. The highest BCUT2D eigenvalue weighted by atomic mass is 32.2. The molecule has 1 spiro atoms. The molecule has 2 heterocycles. The maximum absolute atomic E-state index is 16.5. The number of hydrogen-bond acceptors (Lipinski definition) is 5. The van der Waals surface area contributed by atoms with Gasteiger partial charge in [-0.05, 0) is 80.1 Å². The molecular weight excluding hydrogens is 565 g/mol. The Morgan fingerprint density at radius 2 is 1.57 bits per heavy atom. The highest BCUT2D eigenvalue weighted by molar-refractivity contribution is 7.93. The number of nitrogens with one attached hydrogen (secondary N) is 1. The van der Waals surface area contributed by atoms with Crippen LogP contribution in [0.15, 0.2) is 65.6 Å². The molecule has 1 unspecified atom stereocenters. The number of rotatable bonds is 5. The van der Waals surface area contributed by atoms with Crippen LogP contribution in [0.1, 0.15) is 41.6 Å². The van der Waals surface area contributed by atoms with Gasteiger partial charge in [0.05, 0.1) is 39.4 Å². The summed E-state index contributed by atoms with van der Waals surface area (Å²) in [6.45, 7) is 0. The molecule has 1 N–H and O–H groups in total. The SMILES string of the molecule is O=C(Nc1ccccc1F)c1ccc2c(c1F)C1(CCS(=O)(=O)CC1)C(C1CC1)N2S(=O)(=O)c1ccc(F)cc1. The average molecular weight is 591 g/mol. The van der Waals surface area contributed by atoms with Gasteiger partial charge in [0.1, 0.15) is 27.3 Å². The molecule has 1 saturated carbocycles. The van der Waals surface area contributed by atoms with Crippen molar-refractivity contribution in [1.82, 2.24) is 0 Å². The molecule has 12 heteroatoms. The van der Waals surface area contributed by atoms with Crippen LogP contribution in [0.2, 0.25) is 0 Å². The fourth-order valence-electron chi connectivity index (χ4n) is 6.17. The van der Waals surface area contributed by atoms with Crippen LogP contribution in [0.4, 0.5) is 24.5 Å². The quantitative estimate of drug-likeness (QED) is 0.461. The summed E-state index contributed by atoms with van der Waals surface area (Å²) < 4.78 is 98.6. The van der Waals surface area contributed by atoms with Crippen LogP contribution in [-0.2, 0) is 25.3 Å². The van der Waals surface area contributed by atoms with Crippen molar-refractivity contribution in [2.24, 2.45) is 5.92 Å². The summed E-state index contributed by atoms with van der Waals surface area (Å²) in [6.07, 6.45) is 1.30. The third-order valence-electron chi connectivity index (χ3n) is 8.20. The van der Waals surface area contributed by atoms with E-state index in [2.05, 4.69) is 5.32 Å². The van der Waals surface area contributed by atoms with E-state index in [-0.39, 0.29) is 52.1 Å². The molecule has 7 nitrogen and oxygen atoms in total. The van der Waals surface area contributed by atoms with Gasteiger partial charge >= 0.3 is 0 Å². The van der Waals surface area contributed by atoms with E-state index < -0.39 is 60.2 Å². The molecule has 40 heavy (non-hydrogen) atoms. The number of anilines is 2. The molecule has 2 fully saturated rings. The molecule has 3 aromatic carbocycles. The lowest BCUT2D eigenvalue weighted by molar-refractivity contribution is 0.102. The maximum Gasteiger partial charge on any atom is 0.264 e.